The first kappa shape index (κ1) is 16.7. The van der Waals surface area contributed by atoms with Crippen LogP contribution in [0.4, 0.5) is 26.3 Å². The quantitative estimate of drug-likeness (QED) is 0.655. The van der Waals surface area contributed by atoms with Crippen LogP contribution >= 0.6 is 0 Å². The molecule has 0 saturated heterocycles. The van der Waals surface area contributed by atoms with Crippen LogP contribution in [-0.4, -0.2) is 31.1 Å². The van der Waals surface area contributed by atoms with Crippen LogP contribution in [0.5, 0.6) is 11.5 Å². The second-order valence-electron chi connectivity index (χ2n) is 4.33. The van der Waals surface area contributed by atoms with Crippen molar-refractivity contribution < 1.29 is 48.8 Å². The number of rotatable bonds is 2. The maximum atomic E-state index is 12.9. The molecule has 1 aliphatic rings. The molecular weight excluding hydrogens is 346 g/mol. The highest BCUT2D eigenvalue weighted by molar-refractivity contribution is 7.85. The Morgan fingerprint density at radius 2 is 1.59 bits per heavy atom. The van der Waals surface area contributed by atoms with Crippen molar-refractivity contribution in [2.45, 2.75) is 29.5 Å². The lowest BCUT2D eigenvalue weighted by Crippen LogP contribution is -2.55. The molecular formula is C10H6F6O5S. The fourth-order valence-electron chi connectivity index (χ4n) is 1.74. The Hall–Kier alpha value is -1.69. The van der Waals surface area contributed by atoms with Gasteiger partial charge in [-0.15, -0.1) is 0 Å². The molecule has 2 rings (SSSR count). The fraction of sp³-hybridized carbons (Fsp3) is 0.400. The van der Waals surface area contributed by atoms with Crippen molar-refractivity contribution in [3.8, 4) is 11.5 Å². The molecule has 1 N–H and O–H groups in total. The van der Waals surface area contributed by atoms with Gasteiger partial charge < -0.3 is 9.47 Å². The van der Waals surface area contributed by atoms with E-state index in [1.165, 1.54) is 0 Å². The summed E-state index contributed by atoms with van der Waals surface area (Å²) in [6, 6.07) is 1.76. The molecule has 1 aromatic carbocycles. The molecule has 22 heavy (non-hydrogen) atoms. The van der Waals surface area contributed by atoms with Gasteiger partial charge in [0.05, 0.1) is 4.90 Å². The molecule has 124 valence electrons. The maximum Gasteiger partial charge on any atom is 0.468 e. The molecule has 1 unspecified atom stereocenters. The zero-order valence-corrected chi connectivity index (χ0v) is 11.0. The molecule has 0 aromatic heterocycles. The summed E-state index contributed by atoms with van der Waals surface area (Å²) >= 11 is 0. The smallest absolute Gasteiger partial charge is 0.440 e. The minimum atomic E-state index is -5.54. The predicted molar refractivity (Wildman–Crippen MR) is 57.0 cm³/mol. The van der Waals surface area contributed by atoms with E-state index in [0.717, 1.165) is 0 Å². The van der Waals surface area contributed by atoms with E-state index in [1.807, 2.05) is 0 Å². The molecule has 0 amide bonds. The summed E-state index contributed by atoms with van der Waals surface area (Å²) in [4.78, 5) is -0.847. The summed E-state index contributed by atoms with van der Waals surface area (Å²) in [5.74, 6) is -5.61. The van der Waals surface area contributed by atoms with Gasteiger partial charge in [0.15, 0.2) is 11.5 Å². The lowest BCUT2D eigenvalue weighted by atomic mass is 10.2. The fourth-order valence-corrected chi connectivity index (χ4v) is 2.24. The molecule has 1 aromatic rings. The largest absolute Gasteiger partial charge is 0.468 e. The Morgan fingerprint density at radius 1 is 1.05 bits per heavy atom. The van der Waals surface area contributed by atoms with Crippen molar-refractivity contribution in [2.24, 2.45) is 0 Å². The molecule has 5 nitrogen and oxygen atoms in total. The van der Waals surface area contributed by atoms with Crippen LogP contribution in [0, 0.1) is 0 Å². The number of fused-ring (bicyclic) bond motifs is 1. The standard InChI is InChI=1S/C10H6F6O5S/c11-9(12,13)4-8(10(14,15)16)20-6-2-1-5(22(17,18)19)3-7(6)21-8/h1-3H,4H2,(H,17,18,19). The third-order valence-corrected chi connectivity index (χ3v) is 3.48. The Labute approximate surface area is 119 Å². The van der Waals surface area contributed by atoms with Crippen molar-refractivity contribution in [2.75, 3.05) is 0 Å². The number of benzene rings is 1. The highest BCUT2D eigenvalue weighted by Crippen LogP contribution is 2.51. The zero-order valence-electron chi connectivity index (χ0n) is 10.2. The average Bonchev–Trinajstić information content (AvgIpc) is 2.62. The first-order chi connectivity index (χ1) is 9.74. The van der Waals surface area contributed by atoms with Gasteiger partial charge in [0.1, 0.15) is 6.42 Å². The van der Waals surface area contributed by atoms with E-state index >= 15 is 0 Å². The number of alkyl halides is 6. The van der Waals surface area contributed by atoms with Crippen LogP contribution in [0.15, 0.2) is 23.1 Å². The molecule has 1 atom stereocenters. The molecule has 0 aliphatic carbocycles. The number of halogens is 6. The molecule has 0 spiro atoms. The monoisotopic (exact) mass is 352 g/mol. The van der Waals surface area contributed by atoms with Crippen molar-refractivity contribution in [3.05, 3.63) is 18.2 Å². The zero-order chi connectivity index (χ0) is 17.0. The Bertz CT molecular complexity index is 695. The molecule has 1 heterocycles. The van der Waals surface area contributed by atoms with Crippen LogP contribution in [0.2, 0.25) is 0 Å². The summed E-state index contributed by atoms with van der Waals surface area (Å²) in [5.41, 5.74) is 0. The minimum Gasteiger partial charge on any atom is -0.440 e. The van der Waals surface area contributed by atoms with Gasteiger partial charge in [-0.3, -0.25) is 4.55 Å². The molecule has 12 heteroatoms. The van der Waals surface area contributed by atoms with Gasteiger partial charge in [-0.1, -0.05) is 0 Å². The number of ether oxygens (including phenoxy) is 2. The number of hydrogen-bond donors (Lipinski definition) is 1. The van der Waals surface area contributed by atoms with Gasteiger partial charge in [-0.25, -0.2) is 0 Å². The molecule has 0 radical (unpaired) electrons. The molecule has 1 aliphatic heterocycles. The van der Waals surface area contributed by atoms with Crippen LogP contribution in [0.25, 0.3) is 0 Å². The second kappa shape index (κ2) is 4.65. The van der Waals surface area contributed by atoms with Gasteiger partial charge in [-0.2, -0.15) is 34.8 Å². The van der Waals surface area contributed by atoms with Crippen LogP contribution in [-0.2, 0) is 10.1 Å². The Kier molecular flexibility index (Phi) is 3.53. The molecule has 0 fully saturated rings. The van der Waals surface area contributed by atoms with E-state index in [0.29, 0.717) is 18.2 Å². The highest BCUT2D eigenvalue weighted by atomic mass is 32.2. The average molecular weight is 352 g/mol. The molecule has 0 saturated carbocycles. The van der Waals surface area contributed by atoms with E-state index in [9.17, 15) is 34.8 Å². The van der Waals surface area contributed by atoms with Gasteiger partial charge in [0.25, 0.3) is 10.1 Å². The van der Waals surface area contributed by atoms with Crippen molar-refractivity contribution in [1.29, 1.82) is 0 Å². The third kappa shape index (κ3) is 3.06. The third-order valence-electron chi connectivity index (χ3n) is 2.63. The lowest BCUT2D eigenvalue weighted by Gasteiger charge is -2.30. The summed E-state index contributed by atoms with van der Waals surface area (Å²) in [5, 5.41) is 0. The Balaban J connectivity index is 2.47. The number of hydrogen-bond acceptors (Lipinski definition) is 4. The second-order valence-corrected chi connectivity index (χ2v) is 5.75. The Morgan fingerprint density at radius 3 is 2.05 bits per heavy atom. The highest BCUT2D eigenvalue weighted by Gasteiger charge is 2.67. The predicted octanol–water partition coefficient (Wildman–Crippen LogP) is 2.92. The van der Waals surface area contributed by atoms with Gasteiger partial charge in [-0.05, 0) is 12.1 Å². The summed E-state index contributed by atoms with van der Waals surface area (Å²) in [6.07, 6.45) is -13.3. The van der Waals surface area contributed by atoms with E-state index in [2.05, 4.69) is 9.47 Å². The normalized spacial score (nSPS) is 22.0. The summed E-state index contributed by atoms with van der Waals surface area (Å²) in [6.45, 7) is 0. The van der Waals surface area contributed by atoms with Gasteiger partial charge in [0, 0.05) is 6.07 Å². The lowest BCUT2D eigenvalue weighted by molar-refractivity contribution is -0.338. The first-order valence-corrected chi connectivity index (χ1v) is 6.81. The first-order valence-electron chi connectivity index (χ1n) is 5.37. The van der Waals surface area contributed by atoms with Crippen LogP contribution in [0.3, 0.4) is 0 Å². The van der Waals surface area contributed by atoms with Crippen molar-refractivity contribution in [1.82, 2.24) is 0 Å². The van der Waals surface area contributed by atoms with Crippen molar-refractivity contribution >= 4 is 10.1 Å². The van der Waals surface area contributed by atoms with Crippen LogP contribution < -0.4 is 9.47 Å². The van der Waals surface area contributed by atoms with Crippen LogP contribution in [0.1, 0.15) is 6.42 Å². The van der Waals surface area contributed by atoms with E-state index < -0.39 is 51.1 Å². The van der Waals surface area contributed by atoms with E-state index in [4.69, 9.17) is 4.55 Å². The van der Waals surface area contributed by atoms with Crippen molar-refractivity contribution in [3.63, 3.8) is 0 Å². The summed E-state index contributed by atoms with van der Waals surface area (Å²) in [7, 11) is -4.77. The SMILES string of the molecule is O=S(=O)(O)c1ccc2c(c1)OC(CC(F)(F)F)(C(F)(F)F)O2. The van der Waals surface area contributed by atoms with E-state index in [-0.39, 0.29) is 0 Å². The minimum absolute atomic E-state index is 0.439. The van der Waals surface area contributed by atoms with Gasteiger partial charge in [0.2, 0.25) is 0 Å². The van der Waals surface area contributed by atoms with E-state index in [1.54, 1.807) is 0 Å². The molecule has 0 bridgehead atoms. The summed E-state index contributed by atoms with van der Waals surface area (Å²) < 4.78 is 115. The topological polar surface area (TPSA) is 72.8 Å². The van der Waals surface area contributed by atoms with Gasteiger partial charge >= 0.3 is 18.1 Å². The maximum absolute atomic E-state index is 12.9.